The normalized spacial score (nSPS) is 11.6. The molecule has 0 aliphatic carbocycles. The summed E-state index contributed by atoms with van der Waals surface area (Å²) in [6, 6.07) is 5.69. The minimum absolute atomic E-state index is 0.205. The number of urea groups is 1. The first-order valence-electron chi connectivity index (χ1n) is 5.71. The van der Waals surface area contributed by atoms with E-state index >= 15 is 0 Å². The number of aromatic nitrogens is 1. The second-order valence-corrected chi connectivity index (χ2v) is 6.14. The minimum atomic E-state index is -0.253. The number of carbonyl (C=O) groups is 1. The van der Waals surface area contributed by atoms with Crippen molar-refractivity contribution in [2.75, 3.05) is 5.32 Å². The molecule has 0 saturated heterocycles. The molecule has 0 atom stereocenters. The number of anilines is 1. The predicted molar refractivity (Wildman–Crippen MR) is 77.9 cm³/mol. The van der Waals surface area contributed by atoms with Crippen LogP contribution in [0, 0.1) is 0 Å². The average Bonchev–Trinajstić information content (AvgIpc) is 2.58. The number of amides is 2. The van der Waals surface area contributed by atoms with Gasteiger partial charge in [0.2, 0.25) is 0 Å². The molecule has 0 spiro atoms. The topological polar surface area (TPSA) is 56.9 Å². The SMILES string of the molecule is CC(C)(C)NC(=O)Nc1c[nH]c2ccc(Br)cc12. The van der Waals surface area contributed by atoms with E-state index in [1.165, 1.54) is 0 Å². The van der Waals surface area contributed by atoms with E-state index < -0.39 is 0 Å². The van der Waals surface area contributed by atoms with Gasteiger partial charge in [0.25, 0.3) is 0 Å². The first-order valence-corrected chi connectivity index (χ1v) is 6.50. The van der Waals surface area contributed by atoms with Gasteiger partial charge in [-0.25, -0.2) is 4.79 Å². The summed E-state index contributed by atoms with van der Waals surface area (Å²) in [5.41, 5.74) is 1.51. The van der Waals surface area contributed by atoms with Gasteiger partial charge in [-0.2, -0.15) is 0 Å². The van der Waals surface area contributed by atoms with E-state index in [1.807, 2.05) is 39.0 Å². The van der Waals surface area contributed by atoms with Gasteiger partial charge in [-0.05, 0) is 39.0 Å². The molecule has 2 aromatic rings. The maximum atomic E-state index is 11.8. The number of halogens is 1. The van der Waals surface area contributed by atoms with Crippen LogP contribution in [-0.2, 0) is 0 Å². The molecule has 0 saturated carbocycles. The van der Waals surface area contributed by atoms with Crippen LogP contribution >= 0.6 is 15.9 Å². The molecule has 0 aliphatic rings. The van der Waals surface area contributed by atoms with Crippen LogP contribution in [0.2, 0.25) is 0 Å². The maximum absolute atomic E-state index is 11.8. The van der Waals surface area contributed by atoms with Gasteiger partial charge in [0.1, 0.15) is 0 Å². The van der Waals surface area contributed by atoms with Gasteiger partial charge in [-0.15, -0.1) is 0 Å². The van der Waals surface area contributed by atoms with Crippen LogP contribution in [0.15, 0.2) is 28.9 Å². The van der Waals surface area contributed by atoms with E-state index in [-0.39, 0.29) is 11.6 Å². The summed E-state index contributed by atoms with van der Waals surface area (Å²) in [5.74, 6) is 0. The highest BCUT2D eigenvalue weighted by Crippen LogP contribution is 2.26. The Bertz CT molecular complexity index is 583. The first kappa shape index (κ1) is 13.0. The quantitative estimate of drug-likeness (QED) is 0.736. The van der Waals surface area contributed by atoms with Crippen molar-refractivity contribution < 1.29 is 4.79 Å². The van der Waals surface area contributed by atoms with E-state index in [9.17, 15) is 4.79 Å². The molecule has 96 valence electrons. The first-order chi connectivity index (χ1) is 8.35. The highest BCUT2D eigenvalue weighted by molar-refractivity contribution is 9.10. The maximum Gasteiger partial charge on any atom is 0.319 e. The molecule has 0 bridgehead atoms. The van der Waals surface area contributed by atoms with E-state index in [1.54, 1.807) is 6.20 Å². The lowest BCUT2D eigenvalue weighted by Gasteiger charge is -2.20. The lowest BCUT2D eigenvalue weighted by molar-refractivity contribution is 0.244. The molecule has 2 amide bonds. The number of hydrogen-bond acceptors (Lipinski definition) is 1. The van der Waals surface area contributed by atoms with Crippen molar-refractivity contribution in [2.45, 2.75) is 26.3 Å². The molecule has 3 N–H and O–H groups in total. The molecular formula is C13H16BrN3O. The van der Waals surface area contributed by atoms with Crippen molar-refractivity contribution in [1.29, 1.82) is 0 Å². The van der Waals surface area contributed by atoms with Crippen molar-refractivity contribution in [3.63, 3.8) is 0 Å². The minimum Gasteiger partial charge on any atom is -0.359 e. The Morgan fingerprint density at radius 2 is 2.06 bits per heavy atom. The molecule has 2 rings (SSSR count). The fourth-order valence-corrected chi connectivity index (χ4v) is 2.05. The third-order valence-electron chi connectivity index (χ3n) is 2.38. The van der Waals surface area contributed by atoms with Gasteiger partial charge in [-0.1, -0.05) is 15.9 Å². The number of carbonyl (C=O) groups excluding carboxylic acids is 1. The third kappa shape index (κ3) is 3.04. The van der Waals surface area contributed by atoms with Crippen LogP contribution in [0.3, 0.4) is 0 Å². The smallest absolute Gasteiger partial charge is 0.319 e. The Hall–Kier alpha value is -1.49. The zero-order chi connectivity index (χ0) is 13.3. The lowest BCUT2D eigenvalue weighted by atomic mass is 10.1. The zero-order valence-corrected chi connectivity index (χ0v) is 12.2. The molecular weight excluding hydrogens is 294 g/mol. The molecule has 1 aromatic heterocycles. The monoisotopic (exact) mass is 309 g/mol. The zero-order valence-electron chi connectivity index (χ0n) is 10.6. The summed E-state index contributed by atoms with van der Waals surface area (Å²) in [4.78, 5) is 14.9. The summed E-state index contributed by atoms with van der Waals surface area (Å²) in [7, 11) is 0. The van der Waals surface area contributed by atoms with E-state index in [4.69, 9.17) is 0 Å². The Kier molecular flexibility index (Phi) is 3.34. The van der Waals surface area contributed by atoms with E-state index in [0.717, 1.165) is 21.1 Å². The fourth-order valence-electron chi connectivity index (χ4n) is 1.69. The van der Waals surface area contributed by atoms with Gasteiger partial charge in [0.15, 0.2) is 0 Å². The second-order valence-electron chi connectivity index (χ2n) is 5.22. The van der Waals surface area contributed by atoms with Crippen molar-refractivity contribution in [1.82, 2.24) is 10.3 Å². The second kappa shape index (κ2) is 4.65. The van der Waals surface area contributed by atoms with Crippen LogP contribution in [0.1, 0.15) is 20.8 Å². The van der Waals surface area contributed by atoms with Gasteiger partial charge in [0, 0.05) is 27.1 Å². The Morgan fingerprint density at radius 3 is 2.72 bits per heavy atom. The summed E-state index contributed by atoms with van der Waals surface area (Å²) in [6.07, 6.45) is 1.79. The predicted octanol–water partition coefficient (Wildman–Crippen LogP) is 3.85. The molecule has 1 heterocycles. The number of nitrogens with one attached hydrogen (secondary N) is 3. The number of aromatic amines is 1. The van der Waals surface area contributed by atoms with Gasteiger partial charge in [0.05, 0.1) is 5.69 Å². The van der Waals surface area contributed by atoms with E-state index in [2.05, 4.69) is 31.5 Å². The number of benzene rings is 1. The van der Waals surface area contributed by atoms with Crippen molar-refractivity contribution >= 4 is 38.6 Å². The summed E-state index contributed by atoms with van der Waals surface area (Å²) in [6.45, 7) is 5.83. The Morgan fingerprint density at radius 1 is 1.33 bits per heavy atom. The molecule has 0 radical (unpaired) electrons. The number of fused-ring (bicyclic) bond motifs is 1. The van der Waals surface area contributed by atoms with E-state index in [0.29, 0.717) is 0 Å². The van der Waals surface area contributed by atoms with Crippen molar-refractivity contribution in [3.8, 4) is 0 Å². The lowest BCUT2D eigenvalue weighted by Crippen LogP contribution is -2.43. The number of H-pyrrole nitrogens is 1. The van der Waals surface area contributed by atoms with Crippen LogP contribution < -0.4 is 10.6 Å². The molecule has 1 aromatic carbocycles. The van der Waals surface area contributed by atoms with Crippen molar-refractivity contribution in [2.24, 2.45) is 0 Å². The average molecular weight is 310 g/mol. The van der Waals surface area contributed by atoms with Gasteiger partial charge in [-0.3, -0.25) is 0 Å². The summed E-state index contributed by atoms with van der Waals surface area (Å²) >= 11 is 3.42. The highest BCUT2D eigenvalue weighted by Gasteiger charge is 2.14. The highest BCUT2D eigenvalue weighted by atomic mass is 79.9. The van der Waals surface area contributed by atoms with Gasteiger partial charge < -0.3 is 15.6 Å². The molecule has 4 nitrogen and oxygen atoms in total. The molecule has 5 heteroatoms. The van der Waals surface area contributed by atoms with Crippen LogP contribution in [0.4, 0.5) is 10.5 Å². The Balaban J connectivity index is 2.22. The Labute approximate surface area is 114 Å². The molecule has 0 unspecified atom stereocenters. The molecule has 18 heavy (non-hydrogen) atoms. The number of hydrogen-bond donors (Lipinski definition) is 3. The molecule has 0 fully saturated rings. The third-order valence-corrected chi connectivity index (χ3v) is 2.87. The number of rotatable bonds is 1. The summed E-state index contributed by atoms with van der Waals surface area (Å²) < 4.78 is 0.980. The van der Waals surface area contributed by atoms with Crippen LogP contribution in [0.25, 0.3) is 10.9 Å². The van der Waals surface area contributed by atoms with Crippen molar-refractivity contribution in [3.05, 3.63) is 28.9 Å². The van der Waals surface area contributed by atoms with Gasteiger partial charge >= 0.3 is 6.03 Å². The standard InChI is InChI=1S/C13H16BrN3O/c1-13(2,3)17-12(18)16-11-7-15-10-5-4-8(14)6-9(10)11/h4-7,15H,1-3H3,(H2,16,17,18). The largest absolute Gasteiger partial charge is 0.359 e. The van der Waals surface area contributed by atoms with Crippen LogP contribution in [-0.4, -0.2) is 16.6 Å². The van der Waals surface area contributed by atoms with Crippen LogP contribution in [0.5, 0.6) is 0 Å². The molecule has 0 aliphatic heterocycles. The summed E-state index contributed by atoms with van der Waals surface area (Å²) in [5, 5.41) is 6.69. The fraction of sp³-hybridized carbons (Fsp3) is 0.308.